The zero-order valence-electron chi connectivity index (χ0n) is 19.9. The molecule has 0 atom stereocenters. The lowest BCUT2D eigenvalue weighted by Crippen LogP contribution is -2.41. The third-order valence-electron chi connectivity index (χ3n) is 6.71. The zero-order valence-corrected chi connectivity index (χ0v) is 20.7. The molecule has 2 aromatic carbocycles. The van der Waals surface area contributed by atoms with Crippen LogP contribution < -0.4 is 15.0 Å². The SMILES string of the molecule is CCOc1ccc(S(=O)(=O)N2CCC(C(=O)Nc3ccccc3N3CCCCCC3)CC2)cc1. The third kappa shape index (κ3) is 5.73. The summed E-state index contributed by atoms with van der Waals surface area (Å²) < 4.78 is 33.0. The van der Waals surface area contributed by atoms with Gasteiger partial charge in [0.1, 0.15) is 5.75 Å². The molecule has 0 saturated carbocycles. The standard InChI is InChI=1S/C26H35N3O4S/c1-2-33-22-11-13-23(14-12-22)34(31,32)29-19-15-21(16-20-29)26(30)27-24-9-5-6-10-25(24)28-17-7-3-4-8-18-28/h5-6,9-14,21H,2-4,7-8,15-20H2,1H3,(H,27,30). The van der Waals surface area contributed by atoms with Crippen LogP contribution in [-0.2, 0) is 14.8 Å². The fraction of sp³-hybridized carbons (Fsp3) is 0.500. The summed E-state index contributed by atoms with van der Waals surface area (Å²) in [7, 11) is -3.59. The Labute approximate surface area is 203 Å². The minimum atomic E-state index is -3.59. The molecule has 2 saturated heterocycles. The summed E-state index contributed by atoms with van der Waals surface area (Å²) in [5.41, 5.74) is 1.92. The maximum absolute atomic E-state index is 13.1. The van der Waals surface area contributed by atoms with Crippen LogP contribution in [0.1, 0.15) is 45.4 Å². The van der Waals surface area contributed by atoms with Crippen LogP contribution in [0.2, 0.25) is 0 Å². The third-order valence-corrected chi connectivity index (χ3v) is 8.62. The monoisotopic (exact) mass is 485 g/mol. The minimum Gasteiger partial charge on any atom is -0.494 e. The molecule has 0 aliphatic carbocycles. The molecule has 0 aromatic heterocycles. The van der Waals surface area contributed by atoms with Gasteiger partial charge in [-0.2, -0.15) is 4.31 Å². The van der Waals surface area contributed by atoms with Crippen LogP contribution in [-0.4, -0.2) is 51.4 Å². The second-order valence-corrected chi connectivity index (χ2v) is 10.9. The Morgan fingerprint density at radius 2 is 1.59 bits per heavy atom. The van der Waals surface area contributed by atoms with E-state index in [2.05, 4.69) is 16.3 Å². The fourth-order valence-corrected chi connectivity index (χ4v) is 6.25. The highest BCUT2D eigenvalue weighted by molar-refractivity contribution is 7.89. The largest absolute Gasteiger partial charge is 0.494 e. The van der Waals surface area contributed by atoms with Gasteiger partial charge in [-0.1, -0.05) is 25.0 Å². The van der Waals surface area contributed by atoms with Crippen molar-refractivity contribution in [1.82, 2.24) is 4.31 Å². The number of carbonyl (C=O) groups excluding carboxylic acids is 1. The van der Waals surface area contributed by atoms with Crippen LogP contribution in [0.25, 0.3) is 0 Å². The van der Waals surface area contributed by atoms with Crippen LogP contribution >= 0.6 is 0 Å². The quantitative estimate of drug-likeness (QED) is 0.625. The van der Waals surface area contributed by atoms with Gasteiger partial charge < -0.3 is 15.0 Å². The maximum atomic E-state index is 13.1. The number of sulfonamides is 1. The number of carbonyl (C=O) groups is 1. The highest BCUT2D eigenvalue weighted by atomic mass is 32.2. The average molecular weight is 486 g/mol. The second kappa shape index (κ2) is 11.2. The van der Waals surface area contributed by atoms with Crippen molar-refractivity contribution in [2.45, 2.75) is 50.3 Å². The first-order chi connectivity index (χ1) is 16.5. The van der Waals surface area contributed by atoms with Gasteiger partial charge in [-0.15, -0.1) is 0 Å². The molecule has 2 aromatic rings. The van der Waals surface area contributed by atoms with E-state index >= 15 is 0 Å². The van der Waals surface area contributed by atoms with Gasteiger partial charge in [0.2, 0.25) is 15.9 Å². The molecule has 184 valence electrons. The number of benzene rings is 2. The highest BCUT2D eigenvalue weighted by Crippen LogP contribution is 2.30. The van der Waals surface area contributed by atoms with E-state index in [4.69, 9.17) is 4.74 Å². The second-order valence-electron chi connectivity index (χ2n) is 8.99. The van der Waals surface area contributed by atoms with Gasteiger partial charge in [-0.3, -0.25) is 4.79 Å². The Hall–Kier alpha value is -2.58. The van der Waals surface area contributed by atoms with E-state index in [1.54, 1.807) is 24.3 Å². The van der Waals surface area contributed by atoms with Crippen LogP contribution in [0.3, 0.4) is 0 Å². The molecule has 0 bridgehead atoms. The molecule has 0 spiro atoms. The van der Waals surface area contributed by atoms with Crippen LogP contribution in [0.4, 0.5) is 11.4 Å². The smallest absolute Gasteiger partial charge is 0.243 e. The van der Waals surface area contributed by atoms with Crippen LogP contribution in [0, 0.1) is 5.92 Å². The fourth-order valence-electron chi connectivity index (χ4n) is 4.78. The van der Waals surface area contributed by atoms with E-state index in [1.807, 2.05) is 25.1 Å². The Bertz CT molecular complexity index is 1060. The van der Waals surface area contributed by atoms with Gasteiger partial charge >= 0.3 is 0 Å². The molecular weight excluding hydrogens is 450 g/mol. The van der Waals surface area contributed by atoms with Crippen molar-refractivity contribution in [3.8, 4) is 5.75 Å². The van der Waals surface area contributed by atoms with E-state index in [9.17, 15) is 13.2 Å². The van der Waals surface area contributed by atoms with Crippen LogP contribution in [0.15, 0.2) is 53.4 Å². The molecule has 1 amide bonds. The first-order valence-corrected chi connectivity index (χ1v) is 13.8. The van der Waals surface area contributed by atoms with Crippen molar-refractivity contribution in [3.63, 3.8) is 0 Å². The van der Waals surface area contributed by atoms with E-state index in [0.29, 0.717) is 38.3 Å². The first-order valence-electron chi connectivity index (χ1n) is 12.4. The number of nitrogens with one attached hydrogen (secondary N) is 1. The summed E-state index contributed by atoms with van der Waals surface area (Å²) in [4.78, 5) is 15.7. The lowest BCUT2D eigenvalue weighted by molar-refractivity contribution is -0.120. The van der Waals surface area contributed by atoms with E-state index in [1.165, 1.54) is 30.0 Å². The van der Waals surface area contributed by atoms with E-state index in [0.717, 1.165) is 24.5 Å². The predicted molar refractivity (Wildman–Crippen MR) is 135 cm³/mol. The minimum absolute atomic E-state index is 0.0274. The first kappa shape index (κ1) is 24.5. The number of para-hydroxylation sites is 2. The highest BCUT2D eigenvalue weighted by Gasteiger charge is 2.32. The molecular formula is C26H35N3O4S. The number of ether oxygens (including phenoxy) is 1. The van der Waals surface area contributed by atoms with Gasteiger partial charge in [-0.25, -0.2) is 8.42 Å². The molecule has 34 heavy (non-hydrogen) atoms. The lowest BCUT2D eigenvalue weighted by atomic mass is 9.97. The number of rotatable bonds is 7. The van der Waals surface area contributed by atoms with Gasteiger partial charge in [0, 0.05) is 32.1 Å². The summed E-state index contributed by atoms with van der Waals surface area (Å²) in [6.45, 7) is 5.11. The summed E-state index contributed by atoms with van der Waals surface area (Å²) in [6, 6.07) is 14.5. The predicted octanol–water partition coefficient (Wildman–Crippen LogP) is 4.51. The Morgan fingerprint density at radius 1 is 0.941 bits per heavy atom. The molecule has 4 rings (SSSR count). The van der Waals surface area contributed by atoms with Crippen LogP contribution in [0.5, 0.6) is 5.75 Å². The number of nitrogens with zero attached hydrogens (tertiary/aromatic N) is 2. The summed E-state index contributed by atoms with van der Waals surface area (Å²) in [5, 5.41) is 3.14. The molecule has 0 unspecified atom stereocenters. The summed E-state index contributed by atoms with van der Waals surface area (Å²) in [5.74, 6) is 0.418. The number of hydrogen-bond donors (Lipinski definition) is 1. The van der Waals surface area contributed by atoms with Crippen molar-refractivity contribution in [2.24, 2.45) is 5.92 Å². The molecule has 7 nitrogen and oxygen atoms in total. The van der Waals surface area contributed by atoms with E-state index in [-0.39, 0.29) is 16.7 Å². The molecule has 0 radical (unpaired) electrons. The maximum Gasteiger partial charge on any atom is 0.243 e. The van der Waals surface area contributed by atoms with Crippen molar-refractivity contribution < 1.29 is 17.9 Å². The average Bonchev–Trinajstić information content (AvgIpc) is 3.15. The molecule has 8 heteroatoms. The molecule has 2 heterocycles. The van der Waals surface area contributed by atoms with Crippen molar-refractivity contribution in [3.05, 3.63) is 48.5 Å². The lowest BCUT2D eigenvalue weighted by Gasteiger charge is -2.31. The Balaban J connectivity index is 1.37. The molecule has 1 N–H and O–H groups in total. The number of amides is 1. The number of piperidine rings is 1. The van der Waals surface area contributed by atoms with Gasteiger partial charge in [-0.05, 0) is 69.0 Å². The van der Waals surface area contributed by atoms with E-state index < -0.39 is 10.0 Å². The van der Waals surface area contributed by atoms with Crippen molar-refractivity contribution in [1.29, 1.82) is 0 Å². The molecule has 2 aliphatic heterocycles. The topological polar surface area (TPSA) is 79.0 Å². The van der Waals surface area contributed by atoms with Gasteiger partial charge in [0.05, 0.1) is 22.9 Å². The number of anilines is 2. The Kier molecular flexibility index (Phi) is 8.11. The Morgan fingerprint density at radius 3 is 2.24 bits per heavy atom. The molecule has 2 fully saturated rings. The molecule has 2 aliphatic rings. The van der Waals surface area contributed by atoms with Crippen molar-refractivity contribution >= 4 is 27.3 Å². The van der Waals surface area contributed by atoms with Gasteiger partial charge in [0.25, 0.3) is 0 Å². The van der Waals surface area contributed by atoms with Crippen molar-refractivity contribution in [2.75, 3.05) is 43.0 Å². The number of hydrogen-bond acceptors (Lipinski definition) is 5. The van der Waals surface area contributed by atoms with Gasteiger partial charge in [0.15, 0.2) is 0 Å². The summed E-state index contributed by atoms with van der Waals surface area (Å²) >= 11 is 0. The zero-order chi connectivity index (χ0) is 24.0. The summed E-state index contributed by atoms with van der Waals surface area (Å²) in [6.07, 6.45) is 5.86. The normalized spacial score (nSPS) is 18.3.